The molecule has 3 aromatic carbocycles. The Bertz CT molecular complexity index is 2280. The second kappa shape index (κ2) is 23.9. The molecule has 3 atom stereocenters. The van der Waals surface area contributed by atoms with E-state index in [0.29, 0.717) is 24.8 Å². The SMILES string of the molecule is [C-]#[N+]CCOP(OC[C@@H](CC)O[C@H](COC(=O)c1ccccc1)n1cnc2c(OCCc3ccc([N+](=O)[O-])cc3)nc(OCCc3ccc([N+](=O)[O-])cc3)nc21)N(C(C)C)C(C)C. The van der Waals surface area contributed by atoms with E-state index in [4.69, 9.17) is 39.6 Å². The van der Waals surface area contributed by atoms with Crippen molar-refractivity contribution in [3.05, 3.63) is 134 Å². The first-order valence-electron chi connectivity index (χ1n) is 20.4. The maximum atomic E-state index is 13.3. The van der Waals surface area contributed by atoms with Gasteiger partial charge in [-0.25, -0.2) is 21.0 Å². The number of benzene rings is 3. The molecule has 0 spiro atoms. The lowest BCUT2D eigenvalue weighted by molar-refractivity contribution is -0.385. The third kappa shape index (κ3) is 13.9. The van der Waals surface area contributed by atoms with Gasteiger partial charge in [-0.15, -0.1) is 0 Å². The monoisotopic (exact) mass is 886 g/mol. The Morgan fingerprint density at radius 2 is 1.43 bits per heavy atom. The molecule has 2 aromatic heterocycles. The Hall–Kier alpha value is -6.16. The fourth-order valence-corrected chi connectivity index (χ4v) is 7.89. The highest BCUT2D eigenvalue weighted by Crippen LogP contribution is 2.46. The van der Waals surface area contributed by atoms with E-state index in [2.05, 4.69) is 47.2 Å². The van der Waals surface area contributed by atoms with Gasteiger partial charge < -0.3 is 32.8 Å². The highest BCUT2D eigenvalue weighted by atomic mass is 31.2. The third-order valence-corrected chi connectivity index (χ3v) is 11.5. The minimum absolute atomic E-state index is 0.0276. The fraction of sp³-hybridized carbons (Fsp3) is 0.419. The largest absolute Gasteiger partial charge is 0.476 e. The number of hydrogen-bond donors (Lipinski definition) is 0. The van der Waals surface area contributed by atoms with E-state index in [1.54, 1.807) is 59.2 Å². The van der Waals surface area contributed by atoms with E-state index in [-0.39, 0.29) is 86.1 Å². The molecule has 0 amide bonds. The molecule has 0 aliphatic carbocycles. The molecule has 0 saturated carbocycles. The summed E-state index contributed by atoms with van der Waals surface area (Å²) < 4.78 is 41.0. The first kappa shape index (κ1) is 47.9. The quantitative estimate of drug-likeness (QED) is 0.0128. The van der Waals surface area contributed by atoms with Crippen molar-refractivity contribution in [2.24, 2.45) is 0 Å². The summed E-state index contributed by atoms with van der Waals surface area (Å²) >= 11 is 0. The smallest absolute Gasteiger partial charge is 0.338 e. The van der Waals surface area contributed by atoms with Crippen LogP contribution in [-0.4, -0.2) is 97.8 Å². The van der Waals surface area contributed by atoms with Gasteiger partial charge in [0, 0.05) is 49.2 Å². The van der Waals surface area contributed by atoms with Gasteiger partial charge in [0.1, 0.15) is 13.2 Å². The van der Waals surface area contributed by atoms with E-state index < -0.39 is 36.7 Å². The van der Waals surface area contributed by atoms with E-state index in [1.807, 2.05) is 6.92 Å². The Morgan fingerprint density at radius 3 is 1.98 bits per heavy atom. The predicted molar refractivity (Wildman–Crippen MR) is 233 cm³/mol. The summed E-state index contributed by atoms with van der Waals surface area (Å²) in [5.74, 6) is -0.481. The molecule has 2 heterocycles. The van der Waals surface area contributed by atoms with Crippen molar-refractivity contribution in [1.29, 1.82) is 0 Å². The molecule has 20 heteroatoms. The van der Waals surface area contributed by atoms with Crippen molar-refractivity contribution in [2.45, 2.75) is 78.3 Å². The number of esters is 1. The summed E-state index contributed by atoms with van der Waals surface area (Å²) in [5, 5.41) is 22.3. The van der Waals surface area contributed by atoms with Crippen LogP contribution in [0.2, 0.25) is 0 Å². The molecule has 0 aliphatic heterocycles. The zero-order valence-electron chi connectivity index (χ0n) is 35.8. The normalized spacial score (nSPS) is 12.9. The minimum Gasteiger partial charge on any atom is -0.476 e. The Labute approximate surface area is 366 Å². The zero-order chi connectivity index (χ0) is 45.3. The van der Waals surface area contributed by atoms with E-state index in [1.165, 1.54) is 30.6 Å². The van der Waals surface area contributed by atoms with Crippen LogP contribution in [-0.2, 0) is 31.4 Å². The molecule has 5 rings (SSSR count). The summed E-state index contributed by atoms with van der Waals surface area (Å²) in [5.41, 5.74) is 2.38. The average Bonchev–Trinajstić information content (AvgIpc) is 3.70. The van der Waals surface area contributed by atoms with Crippen LogP contribution in [0.5, 0.6) is 11.9 Å². The molecule has 1 unspecified atom stereocenters. The number of hydrogen-bond acceptors (Lipinski definition) is 15. The second-order valence-electron chi connectivity index (χ2n) is 14.6. The standard InChI is InChI=1S/C43H51N8O11P/c1-7-37(27-61-63(60-26-23-44-6)49(30(2)3)31(4)5)62-38(28-59-42(52)34-11-9-8-10-12-34)48-29-45-39-40(48)46-43(58-25-22-33-15-19-36(20-16-33)51(55)56)47-41(39)57-24-21-32-13-17-35(18-14-32)50(53)54/h8-20,29-31,37-38H,7,21-28H2,1-5H3/t37-,38-,63?/m1/s1. The van der Waals surface area contributed by atoms with Crippen LogP contribution in [0.4, 0.5) is 11.4 Å². The summed E-state index contributed by atoms with van der Waals surface area (Å²) in [6.45, 7) is 17.8. The Kier molecular flexibility index (Phi) is 18.2. The van der Waals surface area contributed by atoms with Gasteiger partial charge in [0.2, 0.25) is 12.4 Å². The molecule has 63 heavy (non-hydrogen) atoms. The van der Waals surface area contributed by atoms with Crippen LogP contribution in [0, 0.1) is 26.8 Å². The maximum Gasteiger partial charge on any atom is 0.338 e. The number of carbonyl (C=O) groups excluding carboxylic acids is 1. The van der Waals surface area contributed by atoms with Crippen LogP contribution in [0.15, 0.2) is 85.2 Å². The summed E-state index contributed by atoms with van der Waals surface area (Å²) in [6, 6.07) is 20.9. The number of aromatic nitrogens is 4. The van der Waals surface area contributed by atoms with Gasteiger partial charge in [-0.1, -0.05) is 49.4 Å². The van der Waals surface area contributed by atoms with E-state index in [9.17, 15) is 25.0 Å². The van der Waals surface area contributed by atoms with Crippen molar-refractivity contribution in [2.75, 3.05) is 39.6 Å². The first-order valence-corrected chi connectivity index (χ1v) is 21.5. The molecule has 0 aliphatic rings. The molecule has 19 nitrogen and oxygen atoms in total. The number of nitro benzene ring substituents is 2. The molecule has 0 radical (unpaired) electrons. The van der Waals surface area contributed by atoms with Gasteiger partial charge in [-0.05, 0) is 57.4 Å². The van der Waals surface area contributed by atoms with Crippen molar-refractivity contribution in [3.8, 4) is 11.9 Å². The highest BCUT2D eigenvalue weighted by molar-refractivity contribution is 7.44. The number of nitro groups is 2. The zero-order valence-corrected chi connectivity index (χ0v) is 36.7. The van der Waals surface area contributed by atoms with Crippen molar-refractivity contribution in [1.82, 2.24) is 24.2 Å². The van der Waals surface area contributed by atoms with Crippen LogP contribution in [0.25, 0.3) is 16.0 Å². The average molecular weight is 887 g/mol. The minimum atomic E-state index is -1.57. The summed E-state index contributed by atoms with van der Waals surface area (Å²) in [7, 11) is -1.57. The number of imidazole rings is 1. The lowest BCUT2D eigenvalue weighted by atomic mass is 10.1. The lowest BCUT2D eigenvalue weighted by Crippen LogP contribution is -2.35. The van der Waals surface area contributed by atoms with Crippen molar-refractivity contribution in [3.63, 3.8) is 0 Å². The lowest BCUT2D eigenvalue weighted by Gasteiger charge is -2.36. The maximum absolute atomic E-state index is 13.3. The van der Waals surface area contributed by atoms with Gasteiger partial charge >= 0.3 is 12.0 Å². The molecular weight excluding hydrogens is 835 g/mol. The van der Waals surface area contributed by atoms with Crippen molar-refractivity contribution >= 4 is 37.0 Å². The molecule has 5 aromatic rings. The fourth-order valence-electron chi connectivity index (χ4n) is 6.26. The first-order chi connectivity index (χ1) is 30.4. The molecule has 0 saturated heterocycles. The van der Waals surface area contributed by atoms with Crippen LogP contribution >= 0.6 is 8.53 Å². The molecule has 0 fully saturated rings. The van der Waals surface area contributed by atoms with Gasteiger partial charge in [0.05, 0.1) is 47.7 Å². The topological polar surface area (TPSA) is 210 Å². The molecule has 0 bridgehead atoms. The van der Waals surface area contributed by atoms with Crippen LogP contribution < -0.4 is 9.47 Å². The van der Waals surface area contributed by atoms with Gasteiger partial charge in [-0.2, -0.15) is 9.97 Å². The third-order valence-electron chi connectivity index (χ3n) is 9.42. The number of carbonyl (C=O) groups is 1. The van der Waals surface area contributed by atoms with Gasteiger partial charge in [-0.3, -0.25) is 24.8 Å². The predicted octanol–water partition coefficient (Wildman–Crippen LogP) is 8.33. The second-order valence-corrected chi connectivity index (χ2v) is 16.0. The number of ether oxygens (including phenoxy) is 4. The highest BCUT2D eigenvalue weighted by Gasteiger charge is 2.30. The summed E-state index contributed by atoms with van der Waals surface area (Å²) in [6.07, 6.45) is 1.20. The van der Waals surface area contributed by atoms with Crippen LogP contribution in [0.1, 0.15) is 68.8 Å². The Morgan fingerprint density at radius 1 is 0.825 bits per heavy atom. The van der Waals surface area contributed by atoms with Crippen LogP contribution in [0.3, 0.4) is 0 Å². The number of fused-ring (bicyclic) bond motifs is 1. The number of nitrogens with zero attached hydrogens (tertiary/aromatic N) is 8. The van der Waals surface area contributed by atoms with Gasteiger partial charge in [0.15, 0.2) is 17.4 Å². The van der Waals surface area contributed by atoms with E-state index in [0.717, 1.165) is 11.1 Å². The number of non-ortho nitro benzene ring substituents is 2. The van der Waals surface area contributed by atoms with Crippen molar-refractivity contribution < 1.29 is 42.6 Å². The summed E-state index contributed by atoms with van der Waals surface area (Å²) in [4.78, 5) is 51.9. The van der Waals surface area contributed by atoms with Gasteiger partial charge in [0.25, 0.3) is 19.9 Å². The molecular formula is C43H51N8O11P. The Balaban J connectivity index is 1.45. The van der Waals surface area contributed by atoms with E-state index >= 15 is 0 Å². The number of rotatable bonds is 26. The molecule has 334 valence electrons. The molecule has 0 N–H and O–H groups in total.